The summed E-state index contributed by atoms with van der Waals surface area (Å²) in [6.45, 7) is 11.7. The van der Waals surface area contributed by atoms with Crippen LogP contribution in [-0.2, 0) is 9.59 Å². The Morgan fingerprint density at radius 1 is 1.14 bits per heavy atom. The van der Waals surface area contributed by atoms with Crippen molar-refractivity contribution >= 4 is 17.8 Å². The zero-order valence-electron chi connectivity index (χ0n) is 13.6. The Labute approximate surface area is 126 Å². The minimum atomic E-state index is -0.471. The van der Waals surface area contributed by atoms with Gasteiger partial charge in [-0.05, 0) is 27.7 Å². The number of carbonyl (C=O) groups is 3. The first-order valence-corrected chi connectivity index (χ1v) is 7.33. The Morgan fingerprint density at radius 2 is 1.67 bits per heavy atom. The second-order valence-electron chi connectivity index (χ2n) is 6.58. The molecule has 0 spiro atoms. The van der Waals surface area contributed by atoms with E-state index in [1.165, 1.54) is 0 Å². The van der Waals surface area contributed by atoms with Gasteiger partial charge in [0.1, 0.15) is 0 Å². The first-order chi connectivity index (χ1) is 9.60. The number of carbonyl (C=O) groups excluding carboxylic acids is 3. The SMILES string of the molecule is CC(=O)N1CC[NH+]([C@@H](C)C(=O)NC(=O)NC(C)(C)C)CC1. The van der Waals surface area contributed by atoms with E-state index in [0.29, 0.717) is 13.1 Å². The van der Waals surface area contributed by atoms with Crippen molar-refractivity contribution in [2.75, 3.05) is 26.2 Å². The lowest BCUT2D eigenvalue weighted by Crippen LogP contribution is -3.19. The summed E-state index contributed by atoms with van der Waals surface area (Å²) >= 11 is 0. The highest BCUT2D eigenvalue weighted by Gasteiger charge is 2.31. The van der Waals surface area contributed by atoms with E-state index in [2.05, 4.69) is 10.6 Å². The molecule has 1 rings (SSSR count). The van der Waals surface area contributed by atoms with E-state index in [0.717, 1.165) is 18.0 Å². The molecule has 0 aromatic heterocycles. The van der Waals surface area contributed by atoms with Gasteiger partial charge in [0.15, 0.2) is 6.04 Å². The van der Waals surface area contributed by atoms with Crippen LogP contribution >= 0.6 is 0 Å². The third kappa shape index (κ3) is 5.71. The summed E-state index contributed by atoms with van der Waals surface area (Å²) in [7, 11) is 0. The molecule has 0 unspecified atom stereocenters. The number of rotatable bonds is 2. The molecule has 0 bridgehead atoms. The van der Waals surface area contributed by atoms with Crippen LogP contribution in [0.15, 0.2) is 0 Å². The lowest BCUT2D eigenvalue weighted by molar-refractivity contribution is -0.917. The first kappa shape index (κ1) is 17.4. The number of nitrogens with zero attached hydrogens (tertiary/aromatic N) is 1. The highest BCUT2D eigenvalue weighted by atomic mass is 16.2. The van der Waals surface area contributed by atoms with Crippen LogP contribution in [0.25, 0.3) is 0 Å². The number of nitrogens with one attached hydrogen (secondary N) is 3. The number of quaternary nitrogens is 1. The van der Waals surface area contributed by atoms with Crippen LogP contribution in [0.4, 0.5) is 4.79 Å². The third-order valence-corrected chi connectivity index (χ3v) is 3.58. The van der Waals surface area contributed by atoms with Crippen LogP contribution in [0.5, 0.6) is 0 Å². The van der Waals surface area contributed by atoms with E-state index in [4.69, 9.17) is 0 Å². The molecule has 3 N–H and O–H groups in total. The van der Waals surface area contributed by atoms with Gasteiger partial charge in [0, 0.05) is 12.5 Å². The zero-order chi connectivity index (χ0) is 16.2. The van der Waals surface area contributed by atoms with E-state index in [1.54, 1.807) is 18.7 Å². The van der Waals surface area contributed by atoms with Crippen molar-refractivity contribution in [3.8, 4) is 0 Å². The molecule has 0 saturated carbocycles. The molecule has 1 fully saturated rings. The van der Waals surface area contributed by atoms with Gasteiger partial charge in [0.2, 0.25) is 5.91 Å². The Balaban J connectivity index is 2.45. The average Bonchev–Trinajstić information content (AvgIpc) is 2.35. The highest BCUT2D eigenvalue weighted by Crippen LogP contribution is 1.97. The summed E-state index contributed by atoms with van der Waals surface area (Å²) < 4.78 is 0. The van der Waals surface area contributed by atoms with Gasteiger partial charge in [-0.1, -0.05) is 0 Å². The van der Waals surface area contributed by atoms with Gasteiger partial charge in [-0.3, -0.25) is 14.9 Å². The monoisotopic (exact) mass is 299 g/mol. The van der Waals surface area contributed by atoms with Crippen molar-refractivity contribution in [3.05, 3.63) is 0 Å². The average molecular weight is 299 g/mol. The van der Waals surface area contributed by atoms with Crippen molar-refractivity contribution in [2.45, 2.75) is 46.2 Å². The Morgan fingerprint density at radius 3 is 2.10 bits per heavy atom. The minimum absolute atomic E-state index is 0.0655. The summed E-state index contributed by atoms with van der Waals surface area (Å²) in [5, 5.41) is 5.07. The normalized spacial score (nSPS) is 18.0. The Bertz CT molecular complexity index is 409. The summed E-state index contributed by atoms with van der Waals surface area (Å²) in [6, 6.07) is -0.786. The minimum Gasteiger partial charge on any atom is -0.333 e. The molecule has 1 heterocycles. The first-order valence-electron chi connectivity index (χ1n) is 7.33. The van der Waals surface area contributed by atoms with Gasteiger partial charge in [-0.2, -0.15) is 0 Å². The zero-order valence-corrected chi connectivity index (χ0v) is 13.6. The molecule has 0 aromatic rings. The van der Waals surface area contributed by atoms with Crippen molar-refractivity contribution in [1.82, 2.24) is 15.5 Å². The second-order valence-corrected chi connectivity index (χ2v) is 6.58. The fourth-order valence-corrected chi connectivity index (χ4v) is 2.32. The molecular weight excluding hydrogens is 272 g/mol. The van der Waals surface area contributed by atoms with Gasteiger partial charge in [0.05, 0.1) is 26.2 Å². The molecule has 7 nitrogen and oxygen atoms in total. The smallest absolute Gasteiger partial charge is 0.322 e. The van der Waals surface area contributed by atoms with Crippen LogP contribution in [-0.4, -0.2) is 60.5 Å². The molecular formula is C14H27N4O3+. The number of imide groups is 1. The number of amides is 4. The van der Waals surface area contributed by atoms with E-state index >= 15 is 0 Å². The topological polar surface area (TPSA) is 83.0 Å². The van der Waals surface area contributed by atoms with Gasteiger partial charge in [0.25, 0.3) is 5.91 Å². The van der Waals surface area contributed by atoms with E-state index in [1.807, 2.05) is 20.8 Å². The van der Waals surface area contributed by atoms with Crippen molar-refractivity contribution < 1.29 is 19.3 Å². The summed E-state index contributed by atoms with van der Waals surface area (Å²) in [4.78, 5) is 37.9. The third-order valence-electron chi connectivity index (χ3n) is 3.58. The van der Waals surface area contributed by atoms with Crippen LogP contribution < -0.4 is 15.5 Å². The van der Waals surface area contributed by atoms with Crippen molar-refractivity contribution in [2.24, 2.45) is 0 Å². The second kappa shape index (κ2) is 6.89. The molecule has 7 heteroatoms. The summed E-state index contributed by atoms with van der Waals surface area (Å²) in [6.07, 6.45) is 0. The van der Waals surface area contributed by atoms with Gasteiger partial charge in [-0.25, -0.2) is 4.79 Å². The fourth-order valence-electron chi connectivity index (χ4n) is 2.32. The molecule has 120 valence electrons. The molecule has 0 radical (unpaired) electrons. The number of hydrogen-bond acceptors (Lipinski definition) is 3. The summed E-state index contributed by atoms with van der Waals surface area (Å²) in [5.74, 6) is -0.223. The lowest BCUT2D eigenvalue weighted by atomic mass is 10.1. The van der Waals surface area contributed by atoms with Crippen molar-refractivity contribution in [3.63, 3.8) is 0 Å². The maximum Gasteiger partial charge on any atom is 0.322 e. The molecule has 0 aromatic carbocycles. The van der Waals surface area contributed by atoms with E-state index in [-0.39, 0.29) is 23.4 Å². The Kier molecular flexibility index (Phi) is 5.71. The highest BCUT2D eigenvalue weighted by molar-refractivity contribution is 5.96. The van der Waals surface area contributed by atoms with Crippen molar-refractivity contribution in [1.29, 1.82) is 0 Å². The molecule has 1 aliphatic rings. The molecule has 21 heavy (non-hydrogen) atoms. The quantitative estimate of drug-likeness (QED) is 0.595. The van der Waals surface area contributed by atoms with Gasteiger partial charge in [-0.15, -0.1) is 0 Å². The predicted octanol–water partition coefficient (Wildman–Crippen LogP) is -1.25. The molecule has 0 aliphatic carbocycles. The molecule has 1 saturated heterocycles. The largest absolute Gasteiger partial charge is 0.333 e. The lowest BCUT2D eigenvalue weighted by Gasteiger charge is -2.34. The Hall–Kier alpha value is -1.63. The maximum atomic E-state index is 12.1. The number of urea groups is 1. The number of piperazine rings is 1. The molecule has 4 amide bonds. The van der Waals surface area contributed by atoms with E-state index in [9.17, 15) is 14.4 Å². The van der Waals surface area contributed by atoms with Crippen LogP contribution in [0.1, 0.15) is 34.6 Å². The van der Waals surface area contributed by atoms with Crippen LogP contribution in [0.2, 0.25) is 0 Å². The van der Waals surface area contributed by atoms with E-state index < -0.39 is 6.03 Å². The number of hydrogen-bond donors (Lipinski definition) is 3. The van der Waals surface area contributed by atoms with Gasteiger partial charge >= 0.3 is 6.03 Å². The predicted molar refractivity (Wildman–Crippen MR) is 78.8 cm³/mol. The fraction of sp³-hybridized carbons (Fsp3) is 0.786. The maximum absolute atomic E-state index is 12.1. The van der Waals surface area contributed by atoms with Crippen LogP contribution in [0.3, 0.4) is 0 Å². The van der Waals surface area contributed by atoms with Gasteiger partial charge < -0.3 is 15.1 Å². The molecule has 1 aliphatic heterocycles. The summed E-state index contributed by atoms with van der Waals surface area (Å²) in [5.41, 5.74) is -0.381. The standard InChI is InChI=1S/C14H26N4O3/c1-10(12(20)15-13(21)16-14(3,4)5)17-6-8-18(9-7-17)11(2)19/h10H,6-9H2,1-5H3,(H2,15,16,20,21)/p+1/t10-/m0/s1. The van der Waals surface area contributed by atoms with Crippen LogP contribution in [0, 0.1) is 0 Å². The molecule has 1 atom stereocenters.